The molecule has 2 nitrogen and oxygen atoms in total. The van der Waals surface area contributed by atoms with E-state index in [-0.39, 0.29) is 11.9 Å². The smallest absolute Gasteiger partial charge is 0.251 e. The van der Waals surface area contributed by atoms with Gasteiger partial charge in [0.05, 0.1) is 6.04 Å². The Bertz CT molecular complexity index is 575. The van der Waals surface area contributed by atoms with Gasteiger partial charge in [-0.05, 0) is 65.8 Å². The van der Waals surface area contributed by atoms with Gasteiger partial charge in [0, 0.05) is 9.13 Å². The van der Waals surface area contributed by atoms with Crippen molar-refractivity contribution in [1.29, 1.82) is 0 Å². The molecule has 3 heteroatoms. The molecule has 0 aliphatic carbocycles. The second-order valence-electron chi connectivity index (χ2n) is 4.85. The minimum absolute atomic E-state index is 0.0196. The van der Waals surface area contributed by atoms with E-state index >= 15 is 0 Å². The molecular weight excluding hydrogens is 361 g/mol. The van der Waals surface area contributed by atoms with Crippen LogP contribution < -0.4 is 5.32 Å². The largest absolute Gasteiger partial charge is 0.345 e. The molecule has 0 fully saturated rings. The van der Waals surface area contributed by atoms with Gasteiger partial charge in [0.15, 0.2) is 0 Å². The predicted octanol–water partition coefficient (Wildman–Crippen LogP) is 4.48. The van der Waals surface area contributed by atoms with Crippen LogP contribution in [0.1, 0.15) is 40.9 Å². The molecule has 0 saturated carbocycles. The van der Waals surface area contributed by atoms with E-state index in [1.165, 1.54) is 5.56 Å². The standard InChI is InChI=1S/C17H18INO/c1-3-16(13-6-4-12(2)5-7-13)19-17(20)14-8-10-15(18)11-9-14/h4-11,16H,3H2,1-2H3,(H,19,20). The molecule has 0 heterocycles. The monoisotopic (exact) mass is 379 g/mol. The summed E-state index contributed by atoms with van der Waals surface area (Å²) < 4.78 is 1.13. The average Bonchev–Trinajstić information content (AvgIpc) is 2.46. The summed E-state index contributed by atoms with van der Waals surface area (Å²) in [6, 6.07) is 16.0. The highest BCUT2D eigenvalue weighted by molar-refractivity contribution is 14.1. The number of hydrogen-bond acceptors (Lipinski definition) is 1. The molecule has 0 aromatic heterocycles. The van der Waals surface area contributed by atoms with Crippen LogP contribution in [0.3, 0.4) is 0 Å². The topological polar surface area (TPSA) is 29.1 Å². The van der Waals surface area contributed by atoms with Gasteiger partial charge in [-0.15, -0.1) is 0 Å². The highest BCUT2D eigenvalue weighted by atomic mass is 127. The van der Waals surface area contributed by atoms with Crippen molar-refractivity contribution >= 4 is 28.5 Å². The van der Waals surface area contributed by atoms with Crippen LogP contribution in [0.25, 0.3) is 0 Å². The van der Waals surface area contributed by atoms with Crippen molar-refractivity contribution in [3.05, 3.63) is 68.8 Å². The van der Waals surface area contributed by atoms with Crippen molar-refractivity contribution in [2.45, 2.75) is 26.3 Å². The molecule has 0 spiro atoms. The highest BCUT2D eigenvalue weighted by Crippen LogP contribution is 2.18. The first-order valence-electron chi connectivity index (χ1n) is 6.73. The third-order valence-corrected chi connectivity index (χ3v) is 4.02. The van der Waals surface area contributed by atoms with Gasteiger partial charge in [0.25, 0.3) is 5.91 Å². The molecular formula is C17H18INO. The second-order valence-corrected chi connectivity index (χ2v) is 6.10. The molecule has 1 atom stereocenters. The molecule has 0 bridgehead atoms. The Balaban J connectivity index is 2.11. The maximum Gasteiger partial charge on any atom is 0.251 e. The molecule has 1 unspecified atom stereocenters. The zero-order valence-corrected chi connectivity index (χ0v) is 13.8. The lowest BCUT2D eigenvalue weighted by atomic mass is 10.0. The van der Waals surface area contributed by atoms with Gasteiger partial charge in [0.2, 0.25) is 0 Å². The van der Waals surface area contributed by atoms with Gasteiger partial charge in [-0.3, -0.25) is 4.79 Å². The number of benzene rings is 2. The summed E-state index contributed by atoms with van der Waals surface area (Å²) >= 11 is 2.23. The number of halogens is 1. The number of amides is 1. The Kier molecular flexibility index (Phi) is 5.17. The zero-order valence-electron chi connectivity index (χ0n) is 11.7. The van der Waals surface area contributed by atoms with E-state index in [0.29, 0.717) is 5.56 Å². The Morgan fingerprint density at radius 1 is 1.10 bits per heavy atom. The van der Waals surface area contributed by atoms with Crippen LogP contribution in [0, 0.1) is 10.5 Å². The molecule has 20 heavy (non-hydrogen) atoms. The number of rotatable bonds is 4. The van der Waals surface area contributed by atoms with Crippen molar-refractivity contribution < 1.29 is 4.79 Å². The number of aryl methyl sites for hydroxylation is 1. The maximum atomic E-state index is 12.3. The molecule has 104 valence electrons. The summed E-state index contributed by atoms with van der Waals surface area (Å²) in [6.07, 6.45) is 0.874. The van der Waals surface area contributed by atoms with E-state index in [1.807, 2.05) is 24.3 Å². The molecule has 1 N–H and O–H groups in total. The van der Waals surface area contributed by atoms with Crippen LogP contribution >= 0.6 is 22.6 Å². The van der Waals surface area contributed by atoms with Gasteiger partial charge in [-0.25, -0.2) is 0 Å². The van der Waals surface area contributed by atoms with E-state index in [4.69, 9.17) is 0 Å². The second kappa shape index (κ2) is 6.88. The van der Waals surface area contributed by atoms with Crippen LogP contribution in [0.4, 0.5) is 0 Å². The molecule has 2 aromatic rings. The fraction of sp³-hybridized carbons (Fsp3) is 0.235. The van der Waals surface area contributed by atoms with E-state index in [9.17, 15) is 4.79 Å². The van der Waals surface area contributed by atoms with E-state index < -0.39 is 0 Å². The lowest BCUT2D eigenvalue weighted by molar-refractivity contribution is 0.0935. The average molecular weight is 379 g/mol. The lowest BCUT2D eigenvalue weighted by Crippen LogP contribution is -2.28. The Morgan fingerprint density at radius 3 is 2.25 bits per heavy atom. The molecule has 0 aliphatic heterocycles. The van der Waals surface area contributed by atoms with Crippen molar-refractivity contribution in [1.82, 2.24) is 5.32 Å². The minimum Gasteiger partial charge on any atom is -0.345 e. The van der Waals surface area contributed by atoms with E-state index in [0.717, 1.165) is 15.6 Å². The molecule has 2 aromatic carbocycles. The highest BCUT2D eigenvalue weighted by Gasteiger charge is 2.13. The van der Waals surface area contributed by atoms with Gasteiger partial charge >= 0.3 is 0 Å². The number of carbonyl (C=O) groups is 1. The van der Waals surface area contributed by atoms with Gasteiger partial charge in [-0.2, -0.15) is 0 Å². The summed E-state index contributed by atoms with van der Waals surface area (Å²) in [7, 11) is 0. The van der Waals surface area contributed by atoms with Crippen molar-refractivity contribution in [2.24, 2.45) is 0 Å². The first-order chi connectivity index (χ1) is 9.60. The van der Waals surface area contributed by atoms with Crippen LogP contribution in [-0.4, -0.2) is 5.91 Å². The molecule has 0 radical (unpaired) electrons. The molecule has 1 amide bonds. The molecule has 0 aliphatic rings. The summed E-state index contributed by atoms with van der Waals surface area (Å²) in [5.74, 6) is -0.0196. The summed E-state index contributed by atoms with van der Waals surface area (Å²) in [4.78, 5) is 12.3. The van der Waals surface area contributed by atoms with Crippen LogP contribution in [0.15, 0.2) is 48.5 Å². The Labute approximate surface area is 133 Å². The quantitative estimate of drug-likeness (QED) is 0.780. The number of carbonyl (C=O) groups excluding carboxylic acids is 1. The Morgan fingerprint density at radius 2 is 1.70 bits per heavy atom. The van der Waals surface area contributed by atoms with Crippen LogP contribution in [0.2, 0.25) is 0 Å². The minimum atomic E-state index is -0.0196. The van der Waals surface area contributed by atoms with Crippen molar-refractivity contribution in [3.63, 3.8) is 0 Å². The summed E-state index contributed by atoms with van der Waals surface area (Å²) in [5, 5.41) is 3.10. The van der Waals surface area contributed by atoms with Crippen molar-refractivity contribution in [3.8, 4) is 0 Å². The third kappa shape index (κ3) is 3.82. The van der Waals surface area contributed by atoms with Gasteiger partial charge in [0.1, 0.15) is 0 Å². The fourth-order valence-electron chi connectivity index (χ4n) is 2.06. The first kappa shape index (κ1) is 15.0. The fourth-order valence-corrected chi connectivity index (χ4v) is 2.42. The van der Waals surface area contributed by atoms with E-state index in [2.05, 4.69) is 66.0 Å². The van der Waals surface area contributed by atoms with Crippen molar-refractivity contribution in [2.75, 3.05) is 0 Å². The summed E-state index contributed by atoms with van der Waals surface area (Å²) in [6.45, 7) is 4.15. The first-order valence-corrected chi connectivity index (χ1v) is 7.81. The molecule has 0 saturated heterocycles. The van der Waals surface area contributed by atoms with Gasteiger partial charge in [-0.1, -0.05) is 36.8 Å². The number of nitrogens with one attached hydrogen (secondary N) is 1. The predicted molar refractivity (Wildman–Crippen MR) is 90.8 cm³/mol. The SMILES string of the molecule is CCC(NC(=O)c1ccc(I)cc1)c1ccc(C)cc1. The van der Waals surface area contributed by atoms with Gasteiger partial charge < -0.3 is 5.32 Å². The van der Waals surface area contributed by atoms with Crippen LogP contribution in [-0.2, 0) is 0 Å². The normalized spacial score (nSPS) is 11.9. The summed E-state index contributed by atoms with van der Waals surface area (Å²) in [5.41, 5.74) is 3.08. The lowest BCUT2D eigenvalue weighted by Gasteiger charge is -2.17. The van der Waals surface area contributed by atoms with E-state index in [1.54, 1.807) is 0 Å². The molecule has 2 rings (SSSR count). The maximum absolute atomic E-state index is 12.3. The Hall–Kier alpha value is -1.36. The van der Waals surface area contributed by atoms with Crippen LogP contribution in [0.5, 0.6) is 0 Å². The zero-order chi connectivity index (χ0) is 14.5. The number of hydrogen-bond donors (Lipinski definition) is 1. The third-order valence-electron chi connectivity index (χ3n) is 3.30.